The molecule has 0 saturated heterocycles. The van der Waals surface area contributed by atoms with Crippen LogP contribution in [0.15, 0.2) is 29.7 Å². The van der Waals surface area contributed by atoms with Crippen LogP contribution in [0, 0.1) is 32.1 Å². The van der Waals surface area contributed by atoms with Crippen LogP contribution in [-0.4, -0.2) is 10.2 Å². The number of rotatable bonds is 1. The number of ether oxygens (including phenoxy) is 1. The van der Waals surface area contributed by atoms with Crippen LogP contribution in [-0.2, 0) is 0 Å². The average Bonchev–Trinajstić information content (AvgIpc) is 2.81. The minimum Gasteiger partial charge on any atom is -0.420 e. The summed E-state index contributed by atoms with van der Waals surface area (Å²) in [4.78, 5) is 0. The minimum atomic E-state index is -0.239. The number of aromatic amines is 1. The first-order valence-electron chi connectivity index (χ1n) is 6.72. The summed E-state index contributed by atoms with van der Waals surface area (Å²) in [5, 5.41) is 16.6. The molecule has 0 aliphatic carbocycles. The molecule has 1 aliphatic heterocycles. The summed E-state index contributed by atoms with van der Waals surface area (Å²) >= 11 is 0. The van der Waals surface area contributed by atoms with Gasteiger partial charge in [-0.2, -0.15) is 5.26 Å². The van der Waals surface area contributed by atoms with Crippen LogP contribution in [0.25, 0.3) is 0 Å². The maximum atomic E-state index is 9.51. The van der Waals surface area contributed by atoms with Crippen LogP contribution < -0.4 is 10.5 Å². The summed E-state index contributed by atoms with van der Waals surface area (Å²) in [5.74, 6) is 0.342. The van der Waals surface area contributed by atoms with Crippen LogP contribution >= 0.6 is 0 Å². The molecule has 1 aromatic heterocycles. The number of aryl methyl sites for hydroxylation is 3. The topological polar surface area (TPSA) is 87.7 Å². The molecular formula is C16H16N4O. The van der Waals surface area contributed by atoms with Crippen molar-refractivity contribution in [2.75, 3.05) is 0 Å². The highest BCUT2D eigenvalue weighted by molar-refractivity contribution is 5.56. The third kappa shape index (κ3) is 1.96. The Balaban J connectivity index is 2.30. The van der Waals surface area contributed by atoms with E-state index < -0.39 is 0 Å². The van der Waals surface area contributed by atoms with Crippen LogP contribution in [0.2, 0.25) is 0 Å². The number of hydrogen-bond acceptors (Lipinski definition) is 4. The van der Waals surface area contributed by atoms with Crippen molar-refractivity contribution in [2.24, 2.45) is 5.73 Å². The van der Waals surface area contributed by atoms with E-state index in [-0.39, 0.29) is 11.8 Å². The first-order chi connectivity index (χ1) is 10.0. The summed E-state index contributed by atoms with van der Waals surface area (Å²) < 4.78 is 5.47. The van der Waals surface area contributed by atoms with Gasteiger partial charge in [0.15, 0.2) is 0 Å². The fourth-order valence-corrected chi connectivity index (χ4v) is 2.78. The first kappa shape index (κ1) is 13.3. The van der Waals surface area contributed by atoms with Crippen LogP contribution in [0.5, 0.6) is 5.88 Å². The number of aromatic nitrogens is 2. The van der Waals surface area contributed by atoms with E-state index in [0.29, 0.717) is 11.5 Å². The number of benzene rings is 1. The maximum Gasteiger partial charge on any atom is 0.244 e. The van der Waals surface area contributed by atoms with E-state index in [0.717, 1.165) is 27.9 Å². The van der Waals surface area contributed by atoms with Gasteiger partial charge in [-0.25, -0.2) is 0 Å². The molecule has 2 heterocycles. The fourth-order valence-electron chi connectivity index (χ4n) is 2.78. The molecular weight excluding hydrogens is 264 g/mol. The fraction of sp³-hybridized carbons (Fsp3) is 0.250. The Morgan fingerprint density at radius 3 is 2.81 bits per heavy atom. The van der Waals surface area contributed by atoms with E-state index in [2.05, 4.69) is 34.5 Å². The average molecular weight is 280 g/mol. The lowest BCUT2D eigenvalue weighted by Gasteiger charge is -2.25. The SMILES string of the molecule is Cc1ccc(C)c([C@H]2C(C#N)=C(N)Oc3n[nH]c(C)c32)c1. The molecule has 0 fully saturated rings. The Kier molecular flexibility index (Phi) is 2.95. The van der Waals surface area contributed by atoms with Gasteiger partial charge in [0.05, 0.1) is 5.92 Å². The van der Waals surface area contributed by atoms with Crippen LogP contribution in [0.4, 0.5) is 0 Å². The van der Waals surface area contributed by atoms with E-state index in [1.165, 1.54) is 0 Å². The predicted octanol–water partition coefficient (Wildman–Crippen LogP) is 2.55. The van der Waals surface area contributed by atoms with Gasteiger partial charge in [-0.05, 0) is 31.9 Å². The molecule has 0 amide bonds. The molecule has 5 nitrogen and oxygen atoms in total. The molecule has 1 aromatic carbocycles. The lowest BCUT2D eigenvalue weighted by atomic mass is 9.81. The summed E-state index contributed by atoms with van der Waals surface area (Å²) in [5.41, 5.74) is 11.4. The highest BCUT2D eigenvalue weighted by Gasteiger charge is 2.34. The Morgan fingerprint density at radius 2 is 2.10 bits per heavy atom. The number of allylic oxidation sites excluding steroid dienone is 1. The number of H-pyrrole nitrogens is 1. The second kappa shape index (κ2) is 4.67. The van der Waals surface area contributed by atoms with E-state index in [9.17, 15) is 5.26 Å². The van der Waals surface area contributed by atoms with E-state index in [1.807, 2.05) is 20.8 Å². The van der Waals surface area contributed by atoms with Gasteiger partial charge in [-0.3, -0.25) is 5.10 Å². The standard InChI is InChI=1S/C16H16N4O/c1-8-4-5-9(2)11(6-8)14-12(7-17)15(18)21-16-13(14)10(3)19-20-16/h4-6,14H,18H2,1-3H3,(H,19,20)/t14-/m0/s1. The number of nitrogens with two attached hydrogens (primary N) is 1. The van der Waals surface area contributed by atoms with Crippen molar-refractivity contribution in [3.63, 3.8) is 0 Å². The van der Waals surface area contributed by atoms with Crippen molar-refractivity contribution >= 4 is 0 Å². The summed E-state index contributed by atoms with van der Waals surface area (Å²) in [7, 11) is 0. The molecule has 0 radical (unpaired) electrons. The van der Waals surface area contributed by atoms with Crippen molar-refractivity contribution in [1.29, 1.82) is 5.26 Å². The zero-order valence-electron chi connectivity index (χ0n) is 12.2. The van der Waals surface area contributed by atoms with Gasteiger partial charge in [-0.1, -0.05) is 23.8 Å². The van der Waals surface area contributed by atoms with Crippen LogP contribution in [0.3, 0.4) is 0 Å². The van der Waals surface area contributed by atoms with E-state index in [4.69, 9.17) is 10.5 Å². The summed E-state index contributed by atoms with van der Waals surface area (Å²) in [6.45, 7) is 5.98. The lowest BCUT2D eigenvalue weighted by molar-refractivity contribution is 0.378. The van der Waals surface area contributed by atoms with Gasteiger partial charge >= 0.3 is 0 Å². The van der Waals surface area contributed by atoms with Gasteiger partial charge in [0, 0.05) is 11.3 Å². The van der Waals surface area contributed by atoms with Gasteiger partial charge in [-0.15, -0.1) is 5.10 Å². The number of fused-ring (bicyclic) bond motifs is 1. The molecule has 21 heavy (non-hydrogen) atoms. The molecule has 106 valence electrons. The minimum absolute atomic E-state index is 0.127. The van der Waals surface area contributed by atoms with Crippen molar-refractivity contribution in [3.8, 4) is 11.9 Å². The quantitative estimate of drug-likeness (QED) is 0.840. The third-order valence-corrected chi connectivity index (χ3v) is 3.88. The molecule has 1 aliphatic rings. The zero-order valence-corrected chi connectivity index (χ0v) is 12.2. The molecule has 0 saturated carbocycles. The van der Waals surface area contributed by atoms with Gasteiger partial charge < -0.3 is 10.5 Å². The Hall–Kier alpha value is -2.74. The van der Waals surface area contributed by atoms with Crippen molar-refractivity contribution in [2.45, 2.75) is 26.7 Å². The smallest absolute Gasteiger partial charge is 0.244 e. The van der Waals surface area contributed by atoms with Crippen molar-refractivity contribution in [3.05, 3.63) is 57.6 Å². The molecule has 1 atom stereocenters. The molecule has 2 aromatic rings. The van der Waals surface area contributed by atoms with Crippen LogP contribution in [0.1, 0.15) is 33.9 Å². The normalized spacial score (nSPS) is 17.1. The van der Waals surface area contributed by atoms with Gasteiger partial charge in [0.25, 0.3) is 0 Å². The second-order valence-electron chi connectivity index (χ2n) is 5.35. The molecule has 0 bridgehead atoms. The number of nitrogens with zero attached hydrogens (tertiary/aromatic N) is 2. The monoisotopic (exact) mass is 280 g/mol. The maximum absolute atomic E-state index is 9.51. The van der Waals surface area contributed by atoms with Gasteiger partial charge in [0.2, 0.25) is 11.8 Å². The Labute approximate surface area is 123 Å². The van der Waals surface area contributed by atoms with E-state index >= 15 is 0 Å². The van der Waals surface area contributed by atoms with Crippen molar-refractivity contribution in [1.82, 2.24) is 10.2 Å². The molecule has 3 rings (SSSR count). The Bertz CT molecular complexity index is 795. The summed E-state index contributed by atoms with van der Waals surface area (Å²) in [6.07, 6.45) is 0. The molecule has 0 spiro atoms. The highest BCUT2D eigenvalue weighted by atomic mass is 16.5. The van der Waals surface area contributed by atoms with E-state index in [1.54, 1.807) is 0 Å². The first-order valence-corrected chi connectivity index (χ1v) is 6.72. The van der Waals surface area contributed by atoms with Gasteiger partial charge in [0.1, 0.15) is 11.6 Å². The lowest BCUT2D eigenvalue weighted by Crippen LogP contribution is -2.21. The summed E-state index contributed by atoms with van der Waals surface area (Å²) in [6, 6.07) is 8.40. The van der Waals surface area contributed by atoms with Crippen molar-refractivity contribution < 1.29 is 4.74 Å². The zero-order chi connectivity index (χ0) is 15.1. The number of nitriles is 1. The largest absolute Gasteiger partial charge is 0.420 e. The molecule has 3 N–H and O–H groups in total. The molecule has 0 unspecified atom stereocenters. The third-order valence-electron chi connectivity index (χ3n) is 3.88. The Morgan fingerprint density at radius 1 is 1.33 bits per heavy atom. The molecule has 5 heteroatoms. The number of nitrogens with one attached hydrogen (secondary N) is 1. The highest BCUT2D eigenvalue weighted by Crippen LogP contribution is 2.43. The predicted molar refractivity (Wildman–Crippen MR) is 78.5 cm³/mol. The number of hydrogen-bond donors (Lipinski definition) is 2. The second-order valence-corrected chi connectivity index (χ2v) is 5.35.